The summed E-state index contributed by atoms with van der Waals surface area (Å²) in [6.45, 7) is 8.43. The molecule has 0 saturated carbocycles. The van der Waals surface area contributed by atoms with E-state index in [4.69, 9.17) is 0 Å². The second kappa shape index (κ2) is 7.81. The fourth-order valence-electron chi connectivity index (χ4n) is 2.62. The van der Waals surface area contributed by atoms with Crippen molar-refractivity contribution in [1.29, 1.82) is 0 Å². The van der Waals surface area contributed by atoms with Crippen LogP contribution in [0.3, 0.4) is 0 Å². The smallest absolute Gasteiger partial charge is 0.191 e. The zero-order valence-electron chi connectivity index (χ0n) is 14.1. The quantitative estimate of drug-likeness (QED) is 0.590. The molecule has 1 unspecified atom stereocenters. The van der Waals surface area contributed by atoms with Gasteiger partial charge in [-0.2, -0.15) is 0 Å². The first-order valence-electron chi connectivity index (χ1n) is 8.15. The number of imidazole rings is 1. The Morgan fingerprint density at radius 2 is 2.30 bits per heavy atom. The van der Waals surface area contributed by atoms with Gasteiger partial charge in [0.25, 0.3) is 0 Å². The monoisotopic (exact) mass is 341 g/mol. The lowest BCUT2D eigenvalue weighted by Gasteiger charge is -2.16. The van der Waals surface area contributed by atoms with E-state index in [1.54, 1.807) is 6.20 Å². The molecule has 2 N–H and O–H groups in total. The summed E-state index contributed by atoms with van der Waals surface area (Å²) in [5.41, 5.74) is 0. The normalized spacial score (nSPS) is 20.9. The highest BCUT2D eigenvalue weighted by Gasteiger charge is 2.28. The van der Waals surface area contributed by atoms with Gasteiger partial charge in [0, 0.05) is 31.5 Å². The lowest BCUT2D eigenvalue weighted by molar-refractivity contribution is 0.507. The summed E-state index contributed by atoms with van der Waals surface area (Å²) in [5.74, 6) is 2.54. The zero-order valence-corrected chi connectivity index (χ0v) is 14.9. The molecule has 1 aliphatic rings. The van der Waals surface area contributed by atoms with Gasteiger partial charge < -0.3 is 15.2 Å². The predicted molar refractivity (Wildman–Crippen MR) is 92.1 cm³/mol. The van der Waals surface area contributed by atoms with Crippen LogP contribution in [0.2, 0.25) is 0 Å². The van der Waals surface area contributed by atoms with Crippen LogP contribution in [-0.2, 0) is 22.9 Å². The SMILES string of the molecule is CCNC(=NCc1nccn1CC(C)C)NC1CCS(=O)(=O)C1. The maximum Gasteiger partial charge on any atom is 0.191 e. The van der Waals surface area contributed by atoms with Crippen LogP contribution in [0, 0.1) is 5.92 Å². The molecule has 0 amide bonds. The Labute approximate surface area is 138 Å². The summed E-state index contributed by atoms with van der Waals surface area (Å²) in [7, 11) is -2.90. The van der Waals surface area contributed by atoms with Gasteiger partial charge in [-0.1, -0.05) is 13.8 Å². The van der Waals surface area contributed by atoms with Gasteiger partial charge in [0.15, 0.2) is 15.8 Å². The number of rotatable bonds is 6. The Balaban J connectivity index is 2.00. The van der Waals surface area contributed by atoms with E-state index in [0.717, 1.165) is 18.9 Å². The molecule has 7 nitrogen and oxygen atoms in total. The van der Waals surface area contributed by atoms with E-state index >= 15 is 0 Å². The minimum absolute atomic E-state index is 0.0618. The molecule has 1 saturated heterocycles. The van der Waals surface area contributed by atoms with Crippen molar-refractivity contribution in [2.45, 2.75) is 46.3 Å². The van der Waals surface area contributed by atoms with E-state index in [0.29, 0.717) is 24.8 Å². The van der Waals surface area contributed by atoms with Crippen molar-refractivity contribution in [1.82, 2.24) is 20.2 Å². The summed E-state index contributed by atoms with van der Waals surface area (Å²) in [6, 6.07) is -0.0618. The Morgan fingerprint density at radius 1 is 1.52 bits per heavy atom. The van der Waals surface area contributed by atoms with Gasteiger partial charge in [0.2, 0.25) is 0 Å². The summed E-state index contributed by atoms with van der Waals surface area (Å²) >= 11 is 0. The van der Waals surface area contributed by atoms with Gasteiger partial charge in [0.1, 0.15) is 12.4 Å². The number of guanidine groups is 1. The van der Waals surface area contributed by atoms with Gasteiger partial charge in [-0.15, -0.1) is 0 Å². The van der Waals surface area contributed by atoms with E-state index in [1.807, 2.05) is 13.1 Å². The second-order valence-electron chi connectivity index (χ2n) is 6.33. The highest BCUT2D eigenvalue weighted by molar-refractivity contribution is 7.91. The number of aliphatic imine (C=N–C) groups is 1. The van der Waals surface area contributed by atoms with Crippen LogP contribution in [0.4, 0.5) is 0 Å². The first kappa shape index (κ1) is 17.8. The van der Waals surface area contributed by atoms with Crippen LogP contribution in [0.1, 0.15) is 33.0 Å². The summed E-state index contributed by atoms with van der Waals surface area (Å²) in [5, 5.41) is 6.38. The van der Waals surface area contributed by atoms with Crippen molar-refractivity contribution in [2.24, 2.45) is 10.9 Å². The summed E-state index contributed by atoms with van der Waals surface area (Å²) in [6.07, 6.45) is 4.39. The summed E-state index contributed by atoms with van der Waals surface area (Å²) < 4.78 is 25.2. The van der Waals surface area contributed by atoms with Gasteiger partial charge in [-0.3, -0.25) is 0 Å². The predicted octanol–water partition coefficient (Wildman–Crippen LogP) is 0.781. The number of hydrogen-bond donors (Lipinski definition) is 2. The number of nitrogens with one attached hydrogen (secondary N) is 2. The minimum atomic E-state index is -2.90. The third kappa shape index (κ3) is 5.53. The van der Waals surface area contributed by atoms with E-state index < -0.39 is 9.84 Å². The Kier molecular flexibility index (Phi) is 6.04. The molecule has 1 aromatic heterocycles. The topological polar surface area (TPSA) is 88.4 Å². The number of sulfone groups is 1. The molecular weight excluding hydrogens is 314 g/mol. The number of aromatic nitrogens is 2. The van der Waals surface area contributed by atoms with Crippen molar-refractivity contribution in [2.75, 3.05) is 18.1 Å². The zero-order chi connectivity index (χ0) is 16.9. The molecule has 130 valence electrons. The summed E-state index contributed by atoms with van der Waals surface area (Å²) in [4.78, 5) is 8.91. The van der Waals surface area contributed by atoms with Gasteiger partial charge >= 0.3 is 0 Å². The molecule has 0 aromatic carbocycles. The van der Waals surface area contributed by atoms with Crippen molar-refractivity contribution in [3.8, 4) is 0 Å². The van der Waals surface area contributed by atoms with Crippen LogP contribution >= 0.6 is 0 Å². The van der Waals surface area contributed by atoms with E-state index in [1.165, 1.54) is 0 Å². The molecule has 0 aliphatic carbocycles. The van der Waals surface area contributed by atoms with Crippen LogP contribution in [0.15, 0.2) is 17.4 Å². The molecule has 1 aliphatic heterocycles. The van der Waals surface area contributed by atoms with E-state index in [-0.39, 0.29) is 17.5 Å². The van der Waals surface area contributed by atoms with Crippen LogP contribution in [-0.4, -0.2) is 48.0 Å². The fourth-order valence-corrected chi connectivity index (χ4v) is 4.30. The minimum Gasteiger partial charge on any atom is -0.357 e. The molecule has 2 rings (SSSR count). The largest absolute Gasteiger partial charge is 0.357 e. The second-order valence-corrected chi connectivity index (χ2v) is 8.56. The molecule has 0 spiro atoms. The molecule has 1 atom stereocenters. The molecule has 2 heterocycles. The van der Waals surface area contributed by atoms with Crippen LogP contribution < -0.4 is 10.6 Å². The lowest BCUT2D eigenvalue weighted by Crippen LogP contribution is -2.44. The Morgan fingerprint density at radius 3 is 2.91 bits per heavy atom. The first-order valence-corrected chi connectivity index (χ1v) is 9.97. The molecule has 0 radical (unpaired) electrons. The van der Waals surface area contributed by atoms with Gasteiger partial charge in [-0.05, 0) is 19.3 Å². The molecular formula is C15H27N5O2S. The molecule has 0 bridgehead atoms. The lowest BCUT2D eigenvalue weighted by atomic mass is 10.2. The maximum atomic E-state index is 11.6. The molecule has 1 aromatic rings. The number of hydrogen-bond acceptors (Lipinski definition) is 4. The average Bonchev–Trinajstić information content (AvgIpc) is 3.02. The standard InChI is InChI=1S/C15H27N5O2S/c1-4-16-15(19-13-5-8-23(21,22)11-13)18-9-14-17-6-7-20(14)10-12(2)3/h6-7,12-13H,4-5,8-11H2,1-3H3,(H2,16,18,19). The van der Waals surface area contributed by atoms with Crippen molar-refractivity contribution in [3.05, 3.63) is 18.2 Å². The molecule has 8 heteroatoms. The Bertz CT molecular complexity index is 636. The maximum absolute atomic E-state index is 11.6. The van der Waals surface area contributed by atoms with Gasteiger partial charge in [-0.25, -0.2) is 18.4 Å². The van der Waals surface area contributed by atoms with Crippen LogP contribution in [0.5, 0.6) is 0 Å². The molecule has 1 fully saturated rings. The third-order valence-corrected chi connectivity index (χ3v) is 5.43. The van der Waals surface area contributed by atoms with Crippen molar-refractivity contribution >= 4 is 15.8 Å². The molecule has 23 heavy (non-hydrogen) atoms. The first-order chi connectivity index (χ1) is 10.9. The van der Waals surface area contributed by atoms with Crippen molar-refractivity contribution in [3.63, 3.8) is 0 Å². The highest BCUT2D eigenvalue weighted by Crippen LogP contribution is 2.11. The fraction of sp³-hybridized carbons (Fsp3) is 0.733. The van der Waals surface area contributed by atoms with Crippen LogP contribution in [0.25, 0.3) is 0 Å². The highest BCUT2D eigenvalue weighted by atomic mass is 32.2. The van der Waals surface area contributed by atoms with Crippen molar-refractivity contribution < 1.29 is 8.42 Å². The average molecular weight is 341 g/mol. The van der Waals surface area contributed by atoms with Gasteiger partial charge in [0.05, 0.1) is 11.5 Å². The Hall–Kier alpha value is -1.57. The third-order valence-electron chi connectivity index (χ3n) is 3.66. The van der Waals surface area contributed by atoms with E-state index in [2.05, 4.69) is 39.0 Å². The number of nitrogens with zero attached hydrogens (tertiary/aromatic N) is 3. The van der Waals surface area contributed by atoms with E-state index in [9.17, 15) is 8.42 Å².